The number of rotatable bonds is 4. The number of nitrogens with one attached hydrogen (secondary N) is 1. The molecule has 1 unspecified atom stereocenters. The fourth-order valence-electron chi connectivity index (χ4n) is 1.50. The molecular weight excluding hydrogens is 226 g/mol. The molecule has 0 aliphatic carbocycles. The second-order valence-electron chi connectivity index (χ2n) is 5.78. The predicted octanol–water partition coefficient (Wildman–Crippen LogP) is 2.46. The van der Waals surface area contributed by atoms with Crippen molar-refractivity contribution in [3.8, 4) is 0 Å². The lowest BCUT2D eigenvalue weighted by atomic mass is 9.82. The number of nitrogens with two attached hydrogens (primary N) is 2. The largest absolute Gasteiger partial charge is 0.396 e. The maximum atomic E-state index is 11.2. The van der Waals surface area contributed by atoms with Crippen LogP contribution in [0.3, 0.4) is 0 Å². The Morgan fingerprint density at radius 3 is 2.50 bits per heavy atom. The molecule has 0 spiro atoms. The smallest absolute Gasteiger partial charge is 0.250 e. The highest BCUT2D eigenvalue weighted by atomic mass is 16.1. The molecule has 0 aliphatic rings. The fraction of sp³-hybridized carbons (Fsp3) is 0.500. The number of carbonyl (C=O) groups is 1. The third kappa shape index (κ3) is 3.39. The highest BCUT2D eigenvalue weighted by Crippen LogP contribution is 2.27. The van der Waals surface area contributed by atoms with Crippen LogP contribution in [0.2, 0.25) is 0 Å². The highest BCUT2D eigenvalue weighted by Gasteiger charge is 2.20. The minimum Gasteiger partial charge on any atom is -0.396 e. The van der Waals surface area contributed by atoms with Gasteiger partial charge in [-0.1, -0.05) is 33.8 Å². The molecule has 5 N–H and O–H groups in total. The summed E-state index contributed by atoms with van der Waals surface area (Å²) in [4.78, 5) is 11.2. The lowest BCUT2D eigenvalue weighted by molar-refractivity contribution is 0.100. The molecule has 0 aliphatic heterocycles. The SMILES string of the molecule is CC(CNc1cccc(C(N)=O)c1N)C(C)(C)C. The first-order chi connectivity index (χ1) is 8.23. The molecule has 0 saturated carbocycles. The number of primary amides is 1. The van der Waals surface area contributed by atoms with E-state index >= 15 is 0 Å². The van der Waals surface area contributed by atoms with Gasteiger partial charge in [0.2, 0.25) is 0 Å². The first-order valence-corrected chi connectivity index (χ1v) is 6.15. The minimum absolute atomic E-state index is 0.225. The summed E-state index contributed by atoms with van der Waals surface area (Å²) in [5.74, 6) is -0.0193. The van der Waals surface area contributed by atoms with Gasteiger partial charge in [-0.2, -0.15) is 0 Å². The van der Waals surface area contributed by atoms with Gasteiger partial charge in [0.15, 0.2) is 0 Å². The molecule has 0 bridgehead atoms. The third-order valence-corrected chi connectivity index (χ3v) is 3.45. The Morgan fingerprint density at radius 1 is 1.39 bits per heavy atom. The summed E-state index contributed by atoms with van der Waals surface area (Å²) in [5.41, 5.74) is 13.0. The maximum absolute atomic E-state index is 11.2. The third-order valence-electron chi connectivity index (χ3n) is 3.45. The second kappa shape index (κ2) is 5.29. The number of benzene rings is 1. The molecule has 0 radical (unpaired) electrons. The normalized spacial score (nSPS) is 13.1. The summed E-state index contributed by atoms with van der Waals surface area (Å²) in [7, 11) is 0. The van der Waals surface area contributed by atoms with Gasteiger partial charge in [0.05, 0.1) is 16.9 Å². The molecule has 18 heavy (non-hydrogen) atoms. The molecule has 0 fully saturated rings. The van der Waals surface area contributed by atoms with E-state index in [4.69, 9.17) is 11.5 Å². The molecule has 1 atom stereocenters. The van der Waals surface area contributed by atoms with Gasteiger partial charge in [0, 0.05) is 6.54 Å². The van der Waals surface area contributed by atoms with Gasteiger partial charge in [0.25, 0.3) is 5.91 Å². The van der Waals surface area contributed by atoms with E-state index in [-0.39, 0.29) is 5.41 Å². The number of nitrogen functional groups attached to an aromatic ring is 1. The molecule has 100 valence electrons. The van der Waals surface area contributed by atoms with E-state index in [0.29, 0.717) is 17.2 Å². The first-order valence-electron chi connectivity index (χ1n) is 6.15. The lowest BCUT2D eigenvalue weighted by Gasteiger charge is -2.28. The average Bonchev–Trinajstić information content (AvgIpc) is 2.25. The number of amides is 1. The molecular formula is C14H23N3O. The van der Waals surface area contributed by atoms with Gasteiger partial charge in [-0.25, -0.2) is 0 Å². The predicted molar refractivity (Wildman–Crippen MR) is 76.5 cm³/mol. The zero-order valence-corrected chi connectivity index (χ0v) is 11.6. The number of anilines is 2. The number of hydrogen-bond donors (Lipinski definition) is 3. The van der Waals surface area contributed by atoms with Crippen LogP contribution in [0, 0.1) is 11.3 Å². The second-order valence-corrected chi connectivity index (χ2v) is 5.78. The summed E-state index contributed by atoms with van der Waals surface area (Å²) in [6.45, 7) is 9.57. The van der Waals surface area contributed by atoms with Gasteiger partial charge < -0.3 is 16.8 Å². The van der Waals surface area contributed by atoms with Crippen LogP contribution >= 0.6 is 0 Å². The Hall–Kier alpha value is -1.71. The van der Waals surface area contributed by atoms with Gasteiger partial charge in [0.1, 0.15) is 0 Å². The molecule has 0 saturated heterocycles. The molecule has 4 heteroatoms. The maximum Gasteiger partial charge on any atom is 0.250 e. The van der Waals surface area contributed by atoms with Crippen LogP contribution in [0.5, 0.6) is 0 Å². The summed E-state index contributed by atoms with van der Waals surface area (Å²) < 4.78 is 0. The zero-order valence-electron chi connectivity index (χ0n) is 11.6. The Labute approximate surface area is 109 Å². The van der Waals surface area contributed by atoms with Crippen LogP contribution in [0.15, 0.2) is 18.2 Å². The molecule has 4 nitrogen and oxygen atoms in total. The van der Waals surface area contributed by atoms with Gasteiger partial charge in [-0.15, -0.1) is 0 Å². The van der Waals surface area contributed by atoms with Crippen molar-refractivity contribution in [1.29, 1.82) is 0 Å². The number of hydrogen-bond acceptors (Lipinski definition) is 3. The van der Waals surface area contributed by atoms with Gasteiger partial charge in [-0.3, -0.25) is 4.79 Å². The van der Waals surface area contributed by atoms with Gasteiger partial charge in [-0.05, 0) is 23.5 Å². The van der Waals surface area contributed by atoms with Crippen molar-refractivity contribution < 1.29 is 4.79 Å². The monoisotopic (exact) mass is 249 g/mol. The van der Waals surface area contributed by atoms with Crippen LogP contribution in [0.4, 0.5) is 11.4 Å². The van der Waals surface area contributed by atoms with Crippen LogP contribution < -0.4 is 16.8 Å². The summed E-state index contributed by atoms with van der Waals surface area (Å²) >= 11 is 0. The van der Waals surface area contributed by atoms with Crippen molar-refractivity contribution in [3.05, 3.63) is 23.8 Å². The first kappa shape index (κ1) is 14.4. The number of carbonyl (C=O) groups excluding carboxylic acids is 1. The fourth-order valence-corrected chi connectivity index (χ4v) is 1.50. The van der Waals surface area contributed by atoms with E-state index in [0.717, 1.165) is 12.2 Å². The van der Waals surface area contributed by atoms with E-state index in [1.54, 1.807) is 12.1 Å². The Kier molecular flexibility index (Phi) is 4.22. The molecule has 1 aromatic rings. The summed E-state index contributed by atoms with van der Waals surface area (Å²) in [6, 6.07) is 5.27. The Balaban J connectivity index is 2.81. The molecule has 1 amide bonds. The minimum atomic E-state index is -0.500. The van der Waals surface area contributed by atoms with E-state index in [1.165, 1.54) is 0 Å². The van der Waals surface area contributed by atoms with Crippen LogP contribution in [-0.2, 0) is 0 Å². The van der Waals surface area contributed by atoms with Crippen molar-refractivity contribution in [3.63, 3.8) is 0 Å². The van der Waals surface area contributed by atoms with Crippen molar-refractivity contribution in [2.24, 2.45) is 17.1 Å². The van der Waals surface area contributed by atoms with Crippen LogP contribution in [0.25, 0.3) is 0 Å². The van der Waals surface area contributed by atoms with Gasteiger partial charge >= 0.3 is 0 Å². The molecule has 1 rings (SSSR count). The van der Waals surface area contributed by atoms with E-state index in [9.17, 15) is 4.79 Å². The van der Waals surface area contributed by atoms with Crippen LogP contribution in [-0.4, -0.2) is 12.5 Å². The molecule has 0 heterocycles. The average molecular weight is 249 g/mol. The van der Waals surface area contributed by atoms with Crippen molar-refractivity contribution in [1.82, 2.24) is 0 Å². The topological polar surface area (TPSA) is 81.1 Å². The Bertz CT molecular complexity index is 435. The van der Waals surface area contributed by atoms with Crippen LogP contribution in [0.1, 0.15) is 38.1 Å². The van der Waals surface area contributed by atoms with E-state index < -0.39 is 5.91 Å². The summed E-state index contributed by atoms with van der Waals surface area (Å²) in [5, 5.41) is 3.28. The summed E-state index contributed by atoms with van der Waals surface area (Å²) in [6.07, 6.45) is 0. The standard InChI is InChI=1S/C14H23N3O/c1-9(14(2,3)4)8-17-11-7-5-6-10(12(11)15)13(16)18/h5-7,9,17H,8,15H2,1-4H3,(H2,16,18). The van der Waals surface area contributed by atoms with Crippen molar-refractivity contribution in [2.45, 2.75) is 27.7 Å². The Morgan fingerprint density at radius 2 is 2.00 bits per heavy atom. The number of para-hydroxylation sites is 1. The van der Waals surface area contributed by atoms with E-state index in [1.807, 2.05) is 6.07 Å². The molecule has 1 aromatic carbocycles. The quantitative estimate of drug-likeness (QED) is 0.717. The molecule has 0 aromatic heterocycles. The van der Waals surface area contributed by atoms with Crippen molar-refractivity contribution in [2.75, 3.05) is 17.6 Å². The van der Waals surface area contributed by atoms with E-state index in [2.05, 4.69) is 33.0 Å². The zero-order chi connectivity index (χ0) is 13.9. The highest BCUT2D eigenvalue weighted by molar-refractivity contribution is 6.00. The van der Waals surface area contributed by atoms with Crippen molar-refractivity contribution >= 4 is 17.3 Å². The lowest BCUT2D eigenvalue weighted by Crippen LogP contribution is -2.25.